The van der Waals surface area contributed by atoms with Crippen LogP contribution in [0.5, 0.6) is 0 Å². The lowest BCUT2D eigenvalue weighted by atomic mass is 10.2. The van der Waals surface area contributed by atoms with Crippen molar-refractivity contribution in [2.45, 2.75) is 25.7 Å². The zero-order chi connectivity index (χ0) is 10.5. The first-order chi connectivity index (χ1) is 7.34. The number of thiophene rings is 1. The molecule has 0 spiro atoms. The van der Waals surface area contributed by atoms with E-state index in [2.05, 4.69) is 16.4 Å². The minimum absolute atomic E-state index is 0.875. The van der Waals surface area contributed by atoms with Crippen LogP contribution in [-0.2, 0) is 6.42 Å². The second-order valence-corrected chi connectivity index (χ2v) is 5.47. The van der Waals surface area contributed by atoms with Crippen LogP contribution in [0.2, 0.25) is 4.34 Å². The first kappa shape index (κ1) is 11.0. The zero-order valence-electron chi connectivity index (χ0n) is 8.63. The van der Waals surface area contributed by atoms with Crippen molar-refractivity contribution in [3.63, 3.8) is 0 Å². The highest BCUT2D eigenvalue weighted by Gasteiger charge is 2.04. The zero-order valence-corrected chi connectivity index (χ0v) is 10.2. The minimum Gasteiger partial charge on any atom is -0.373 e. The van der Waals surface area contributed by atoms with Crippen LogP contribution < -0.4 is 5.32 Å². The molecule has 2 rings (SSSR count). The number of rotatable bonds is 3. The lowest BCUT2D eigenvalue weighted by Gasteiger charge is -2.13. The van der Waals surface area contributed by atoms with Crippen molar-refractivity contribution < 1.29 is 0 Å². The quantitative estimate of drug-likeness (QED) is 0.866. The lowest BCUT2D eigenvalue weighted by Crippen LogP contribution is -2.27. The summed E-state index contributed by atoms with van der Waals surface area (Å²) < 4.78 is 0.875. The Morgan fingerprint density at radius 2 is 2.33 bits per heavy atom. The molecule has 0 bridgehead atoms. The van der Waals surface area contributed by atoms with Gasteiger partial charge in [-0.25, -0.2) is 0 Å². The standard InChI is InChI=1S/C11H15ClN2S/c12-10-5-4-9(15-10)6-8-14-11-3-1-2-7-13-11/h4-5H,1-3,6-8H2,(H,13,14). The fourth-order valence-electron chi connectivity index (χ4n) is 1.66. The van der Waals surface area contributed by atoms with Gasteiger partial charge in [0.1, 0.15) is 0 Å². The van der Waals surface area contributed by atoms with Crippen molar-refractivity contribution in [2.75, 3.05) is 13.1 Å². The number of hydrogen-bond donors (Lipinski definition) is 1. The third-order valence-electron chi connectivity index (χ3n) is 2.45. The summed E-state index contributed by atoms with van der Waals surface area (Å²) in [5, 5.41) is 3.39. The van der Waals surface area contributed by atoms with E-state index < -0.39 is 0 Å². The predicted molar refractivity (Wildman–Crippen MR) is 67.2 cm³/mol. The molecule has 0 saturated heterocycles. The summed E-state index contributed by atoms with van der Waals surface area (Å²) in [4.78, 5) is 5.79. The first-order valence-corrected chi connectivity index (χ1v) is 6.55. The average molecular weight is 243 g/mol. The fourth-order valence-corrected chi connectivity index (χ4v) is 2.74. The molecule has 4 heteroatoms. The third kappa shape index (κ3) is 3.50. The van der Waals surface area contributed by atoms with Crippen LogP contribution in [-0.4, -0.2) is 18.9 Å². The second kappa shape index (κ2) is 5.52. The van der Waals surface area contributed by atoms with Gasteiger partial charge in [0.15, 0.2) is 0 Å². The Labute approximate surface area is 99.4 Å². The van der Waals surface area contributed by atoms with Crippen LogP contribution >= 0.6 is 22.9 Å². The van der Waals surface area contributed by atoms with E-state index in [0.717, 1.165) is 30.3 Å². The van der Waals surface area contributed by atoms with Gasteiger partial charge in [0.25, 0.3) is 0 Å². The molecule has 0 saturated carbocycles. The van der Waals surface area contributed by atoms with Gasteiger partial charge in [-0.15, -0.1) is 11.3 Å². The van der Waals surface area contributed by atoms with E-state index >= 15 is 0 Å². The molecule has 0 unspecified atom stereocenters. The maximum absolute atomic E-state index is 5.86. The fraction of sp³-hybridized carbons (Fsp3) is 0.545. The van der Waals surface area contributed by atoms with Crippen LogP contribution in [0, 0.1) is 0 Å². The van der Waals surface area contributed by atoms with Crippen LogP contribution in [0.1, 0.15) is 24.1 Å². The summed E-state index contributed by atoms with van der Waals surface area (Å²) in [5.41, 5.74) is 0. The second-order valence-electron chi connectivity index (χ2n) is 3.67. The molecule has 1 aromatic heterocycles. The SMILES string of the molecule is Clc1ccc(CCNC2=NCCCC2)s1. The number of halogens is 1. The molecule has 0 fully saturated rings. The summed E-state index contributed by atoms with van der Waals surface area (Å²) in [6, 6.07) is 4.05. The molecule has 0 aliphatic carbocycles. The molecule has 0 radical (unpaired) electrons. The van der Waals surface area contributed by atoms with Gasteiger partial charge >= 0.3 is 0 Å². The third-order valence-corrected chi connectivity index (χ3v) is 3.74. The van der Waals surface area contributed by atoms with Gasteiger partial charge in [0, 0.05) is 24.4 Å². The van der Waals surface area contributed by atoms with Gasteiger partial charge in [-0.2, -0.15) is 0 Å². The number of aliphatic imine (C=N–C) groups is 1. The van der Waals surface area contributed by atoms with E-state index in [-0.39, 0.29) is 0 Å². The van der Waals surface area contributed by atoms with E-state index in [1.807, 2.05) is 6.07 Å². The van der Waals surface area contributed by atoms with Crippen molar-refractivity contribution in [3.8, 4) is 0 Å². The molecule has 1 aliphatic heterocycles. The minimum atomic E-state index is 0.875. The maximum Gasteiger partial charge on any atom is 0.0963 e. The Morgan fingerprint density at radius 1 is 1.40 bits per heavy atom. The van der Waals surface area contributed by atoms with Crippen LogP contribution in [0.4, 0.5) is 0 Å². The van der Waals surface area contributed by atoms with Crippen molar-refractivity contribution in [1.82, 2.24) is 5.32 Å². The molecule has 1 aromatic rings. The molecule has 1 aliphatic rings. The van der Waals surface area contributed by atoms with Crippen LogP contribution in [0.3, 0.4) is 0 Å². The topological polar surface area (TPSA) is 24.4 Å². The normalized spacial score (nSPS) is 16.2. The van der Waals surface area contributed by atoms with Gasteiger partial charge in [0.2, 0.25) is 0 Å². The summed E-state index contributed by atoms with van der Waals surface area (Å²) in [6.45, 7) is 1.96. The molecule has 15 heavy (non-hydrogen) atoms. The van der Waals surface area contributed by atoms with Crippen molar-refractivity contribution in [2.24, 2.45) is 4.99 Å². The molecule has 0 aromatic carbocycles. The number of amidine groups is 1. The van der Waals surface area contributed by atoms with Gasteiger partial charge in [-0.3, -0.25) is 4.99 Å². The molecule has 2 heterocycles. The smallest absolute Gasteiger partial charge is 0.0963 e. The lowest BCUT2D eigenvalue weighted by molar-refractivity contribution is 0.705. The highest BCUT2D eigenvalue weighted by Crippen LogP contribution is 2.21. The van der Waals surface area contributed by atoms with E-state index in [0.29, 0.717) is 0 Å². The van der Waals surface area contributed by atoms with Crippen molar-refractivity contribution in [1.29, 1.82) is 0 Å². The van der Waals surface area contributed by atoms with E-state index in [1.54, 1.807) is 11.3 Å². The Bertz CT molecular complexity index is 346. The summed E-state index contributed by atoms with van der Waals surface area (Å²) >= 11 is 7.52. The summed E-state index contributed by atoms with van der Waals surface area (Å²) in [6.07, 6.45) is 4.67. The van der Waals surface area contributed by atoms with Gasteiger partial charge in [-0.05, 0) is 31.4 Å². The molecule has 82 valence electrons. The first-order valence-electron chi connectivity index (χ1n) is 5.36. The molecule has 0 atom stereocenters. The van der Waals surface area contributed by atoms with Gasteiger partial charge in [0.05, 0.1) is 10.2 Å². The number of nitrogens with one attached hydrogen (secondary N) is 1. The number of hydrogen-bond acceptors (Lipinski definition) is 3. The Morgan fingerprint density at radius 3 is 3.00 bits per heavy atom. The average Bonchev–Trinajstić information content (AvgIpc) is 2.66. The molecular weight excluding hydrogens is 228 g/mol. The monoisotopic (exact) mass is 242 g/mol. The van der Waals surface area contributed by atoms with Crippen molar-refractivity contribution in [3.05, 3.63) is 21.3 Å². The molecular formula is C11H15ClN2S. The van der Waals surface area contributed by atoms with Gasteiger partial charge < -0.3 is 5.32 Å². The summed E-state index contributed by atoms with van der Waals surface area (Å²) in [7, 11) is 0. The van der Waals surface area contributed by atoms with E-state index in [4.69, 9.17) is 11.6 Å². The Hall–Kier alpha value is -0.540. The predicted octanol–water partition coefficient (Wildman–Crippen LogP) is 3.12. The highest BCUT2D eigenvalue weighted by atomic mass is 35.5. The van der Waals surface area contributed by atoms with Crippen molar-refractivity contribution >= 4 is 28.8 Å². The van der Waals surface area contributed by atoms with Gasteiger partial charge in [-0.1, -0.05) is 11.6 Å². The highest BCUT2D eigenvalue weighted by molar-refractivity contribution is 7.16. The number of nitrogens with zero attached hydrogens (tertiary/aromatic N) is 1. The van der Waals surface area contributed by atoms with Crippen LogP contribution in [0.25, 0.3) is 0 Å². The maximum atomic E-state index is 5.86. The Kier molecular flexibility index (Phi) is 4.03. The van der Waals surface area contributed by atoms with Crippen LogP contribution in [0.15, 0.2) is 17.1 Å². The molecule has 2 nitrogen and oxygen atoms in total. The largest absolute Gasteiger partial charge is 0.373 e. The molecule has 1 N–H and O–H groups in total. The Balaban J connectivity index is 1.72. The van der Waals surface area contributed by atoms with E-state index in [9.17, 15) is 0 Å². The van der Waals surface area contributed by atoms with E-state index in [1.165, 1.54) is 23.6 Å². The summed E-state index contributed by atoms with van der Waals surface area (Å²) in [5.74, 6) is 1.18. The molecule has 0 amide bonds.